The summed E-state index contributed by atoms with van der Waals surface area (Å²) < 4.78 is 12.0. The largest absolute Gasteiger partial charge is 0.465 e. The number of carbonyl (C=O) groups is 1. The van der Waals surface area contributed by atoms with Crippen LogP contribution in [-0.2, 0) is 16.0 Å². The summed E-state index contributed by atoms with van der Waals surface area (Å²) in [6.45, 7) is 1.71. The number of rotatable bonds is 6. The number of esters is 1. The molecule has 0 aliphatic heterocycles. The first-order chi connectivity index (χ1) is 9.27. The van der Waals surface area contributed by atoms with E-state index in [4.69, 9.17) is 9.47 Å². The van der Waals surface area contributed by atoms with Crippen LogP contribution in [0.3, 0.4) is 0 Å². The van der Waals surface area contributed by atoms with E-state index in [2.05, 4.69) is 4.57 Å². The molecule has 0 atom stereocenters. The average Bonchev–Trinajstić information content (AvgIpc) is 2.86. The Labute approximate surface area is 112 Å². The molecule has 19 heavy (non-hydrogen) atoms. The Morgan fingerprint density at radius 1 is 1.21 bits per heavy atom. The van der Waals surface area contributed by atoms with Gasteiger partial charge in [0, 0.05) is 37.4 Å². The predicted octanol–water partition coefficient (Wildman–Crippen LogP) is 2.85. The third kappa shape index (κ3) is 2.96. The van der Waals surface area contributed by atoms with Crippen molar-refractivity contribution in [1.29, 1.82) is 0 Å². The van der Waals surface area contributed by atoms with E-state index in [1.807, 2.05) is 24.4 Å². The van der Waals surface area contributed by atoms with Crippen LogP contribution >= 0.6 is 0 Å². The van der Waals surface area contributed by atoms with E-state index in [1.165, 1.54) is 7.11 Å². The SMILES string of the molecule is COCCCCn1ccc2c(C(=O)OC)cccc21. The Balaban J connectivity index is 2.21. The number of aromatic nitrogens is 1. The molecule has 1 aromatic carbocycles. The molecule has 1 aromatic heterocycles. The van der Waals surface area contributed by atoms with E-state index >= 15 is 0 Å². The fraction of sp³-hybridized carbons (Fsp3) is 0.400. The Bertz CT molecular complexity index is 560. The van der Waals surface area contributed by atoms with Crippen molar-refractivity contribution in [2.24, 2.45) is 0 Å². The van der Waals surface area contributed by atoms with Gasteiger partial charge in [0.25, 0.3) is 0 Å². The molecular weight excluding hydrogens is 242 g/mol. The van der Waals surface area contributed by atoms with E-state index in [0.717, 1.165) is 36.9 Å². The van der Waals surface area contributed by atoms with Crippen molar-refractivity contribution >= 4 is 16.9 Å². The Kier molecular flexibility index (Phi) is 4.58. The van der Waals surface area contributed by atoms with E-state index in [9.17, 15) is 4.79 Å². The van der Waals surface area contributed by atoms with Crippen LogP contribution in [0, 0.1) is 0 Å². The molecule has 0 saturated heterocycles. The predicted molar refractivity (Wildman–Crippen MR) is 74.4 cm³/mol. The molecule has 0 aliphatic carbocycles. The van der Waals surface area contributed by atoms with Crippen LogP contribution in [0.2, 0.25) is 0 Å². The lowest BCUT2D eigenvalue weighted by molar-refractivity contribution is 0.0603. The molecular formula is C15H19NO3. The van der Waals surface area contributed by atoms with Crippen LogP contribution in [0.25, 0.3) is 10.9 Å². The number of unbranched alkanes of at least 4 members (excludes halogenated alkanes) is 1. The maximum absolute atomic E-state index is 11.7. The van der Waals surface area contributed by atoms with Gasteiger partial charge in [0.2, 0.25) is 0 Å². The van der Waals surface area contributed by atoms with Gasteiger partial charge in [-0.15, -0.1) is 0 Å². The van der Waals surface area contributed by atoms with Crippen molar-refractivity contribution in [2.45, 2.75) is 19.4 Å². The number of benzene rings is 1. The quantitative estimate of drug-likeness (QED) is 0.593. The van der Waals surface area contributed by atoms with Crippen LogP contribution in [0.4, 0.5) is 0 Å². The van der Waals surface area contributed by atoms with Crippen molar-refractivity contribution in [3.8, 4) is 0 Å². The molecule has 0 aliphatic rings. The van der Waals surface area contributed by atoms with Gasteiger partial charge >= 0.3 is 5.97 Å². The van der Waals surface area contributed by atoms with Crippen LogP contribution < -0.4 is 0 Å². The van der Waals surface area contributed by atoms with Crippen LogP contribution in [0.1, 0.15) is 23.2 Å². The lowest BCUT2D eigenvalue weighted by atomic mass is 10.1. The highest BCUT2D eigenvalue weighted by Crippen LogP contribution is 2.21. The first kappa shape index (κ1) is 13.6. The summed E-state index contributed by atoms with van der Waals surface area (Å²) in [6.07, 6.45) is 4.11. The summed E-state index contributed by atoms with van der Waals surface area (Å²) in [5.74, 6) is -0.289. The number of carbonyl (C=O) groups excluding carboxylic acids is 1. The van der Waals surface area contributed by atoms with Gasteiger partial charge < -0.3 is 14.0 Å². The monoisotopic (exact) mass is 261 g/mol. The molecule has 0 radical (unpaired) electrons. The number of hydrogen-bond acceptors (Lipinski definition) is 3. The van der Waals surface area contributed by atoms with E-state index in [1.54, 1.807) is 13.2 Å². The summed E-state index contributed by atoms with van der Waals surface area (Å²) in [5, 5.41) is 0.945. The highest BCUT2D eigenvalue weighted by atomic mass is 16.5. The highest BCUT2D eigenvalue weighted by molar-refractivity contribution is 6.03. The minimum atomic E-state index is -0.289. The number of aryl methyl sites for hydroxylation is 1. The van der Waals surface area contributed by atoms with E-state index in [-0.39, 0.29) is 5.97 Å². The van der Waals surface area contributed by atoms with Gasteiger partial charge in [0.15, 0.2) is 0 Å². The molecule has 4 nitrogen and oxygen atoms in total. The molecule has 0 unspecified atom stereocenters. The molecule has 0 amide bonds. The van der Waals surface area contributed by atoms with Crippen molar-refractivity contribution in [2.75, 3.05) is 20.8 Å². The molecule has 102 valence electrons. The summed E-state index contributed by atoms with van der Waals surface area (Å²) in [6, 6.07) is 7.68. The summed E-state index contributed by atoms with van der Waals surface area (Å²) in [5.41, 5.74) is 1.69. The van der Waals surface area contributed by atoms with Gasteiger partial charge in [-0.1, -0.05) is 6.07 Å². The third-order valence-electron chi connectivity index (χ3n) is 3.22. The molecule has 0 N–H and O–H groups in total. The topological polar surface area (TPSA) is 40.5 Å². The average molecular weight is 261 g/mol. The number of ether oxygens (including phenoxy) is 2. The number of hydrogen-bond donors (Lipinski definition) is 0. The van der Waals surface area contributed by atoms with Gasteiger partial charge in [-0.2, -0.15) is 0 Å². The van der Waals surface area contributed by atoms with Crippen molar-refractivity contribution < 1.29 is 14.3 Å². The molecule has 0 fully saturated rings. The van der Waals surface area contributed by atoms with Crippen LogP contribution in [-0.4, -0.2) is 31.4 Å². The number of nitrogens with zero attached hydrogens (tertiary/aromatic N) is 1. The Morgan fingerprint density at radius 3 is 2.79 bits per heavy atom. The Hall–Kier alpha value is -1.81. The van der Waals surface area contributed by atoms with Crippen molar-refractivity contribution in [3.63, 3.8) is 0 Å². The first-order valence-corrected chi connectivity index (χ1v) is 6.43. The van der Waals surface area contributed by atoms with Gasteiger partial charge in [-0.05, 0) is 31.0 Å². The van der Waals surface area contributed by atoms with Gasteiger partial charge in [-0.3, -0.25) is 0 Å². The van der Waals surface area contributed by atoms with E-state index < -0.39 is 0 Å². The highest BCUT2D eigenvalue weighted by Gasteiger charge is 2.11. The molecule has 4 heteroatoms. The van der Waals surface area contributed by atoms with Crippen molar-refractivity contribution in [3.05, 3.63) is 36.0 Å². The minimum absolute atomic E-state index is 0.289. The van der Waals surface area contributed by atoms with E-state index in [0.29, 0.717) is 5.56 Å². The zero-order valence-corrected chi connectivity index (χ0v) is 11.4. The summed E-state index contributed by atoms with van der Waals surface area (Å²) in [7, 11) is 3.12. The first-order valence-electron chi connectivity index (χ1n) is 6.43. The number of fused-ring (bicyclic) bond motifs is 1. The molecule has 2 rings (SSSR count). The zero-order valence-electron chi connectivity index (χ0n) is 11.4. The lowest BCUT2D eigenvalue weighted by Crippen LogP contribution is -2.02. The third-order valence-corrected chi connectivity index (χ3v) is 3.22. The minimum Gasteiger partial charge on any atom is -0.465 e. The van der Waals surface area contributed by atoms with Gasteiger partial charge in [-0.25, -0.2) is 4.79 Å². The standard InChI is InChI=1S/C15H19NO3/c1-18-11-4-3-9-16-10-8-12-13(15(17)19-2)6-5-7-14(12)16/h5-8,10H,3-4,9,11H2,1-2H3. The van der Waals surface area contributed by atoms with Crippen molar-refractivity contribution in [1.82, 2.24) is 4.57 Å². The second-order valence-electron chi connectivity index (χ2n) is 4.44. The molecule has 1 heterocycles. The van der Waals surface area contributed by atoms with Gasteiger partial charge in [0.05, 0.1) is 12.7 Å². The summed E-state index contributed by atoms with van der Waals surface area (Å²) >= 11 is 0. The van der Waals surface area contributed by atoms with Crippen LogP contribution in [0.5, 0.6) is 0 Å². The maximum atomic E-state index is 11.7. The second kappa shape index (κ2) is 6.38. The normalized spacial score (nSPS) is 10.8. The number of methoxy groups -OCH3 is 2. The second-order valence-corrected chi connectivity index (χ2v) is 4.44. The molecule has 2 aromatic rings. The smallest absolute Gasteiger partial charge is 0.338 e. The fourth-order valence-electron chi connectivity index (χ4n) is 2.23. The lowest BCUT2D eigenvalue weighted by Gasteiger charge is -2.06. The summed E-state index contributed by atoms with van der Waals surface area (Å²) in [4.78, 5) is 11.7. The molecule has 0 bridgehead atoms. The maximum Gasteiger partial charge on any atom is 0.338 e. The zero-order chi connectivity index (χ0) is 13.7. The molecule has 0 saturated carbocycles. The van der Waals surface area contributed by atoms with Gasteiger partial charge in [0.1, 0.15) is 0 Å². The fourth-order valence-corrected chi connectivity index (χ4v) is 2.23. The Morgan fingerprint density at radius 2 is 2.05 bits per heavy atom. The van der Waals surface area contributed by atoms with Crippen LogP contribution in [0.15, 0.2) is 30.5 Å². The molecule has 0 spiro atoms.